The lowest BCUT2D eigenvalue weighted by Crippen LogP contribution is -2.39. The molecule has 0 aliphatic heterocycles. The van der Waals surface area contributed by atoms with E-state index in [0.29, 0.717) is 12.3 Å². The van der Waals surface area contributed by atoms with Crippen LogP contribution in [-0.4, -0.2) is 31.1 Å². The van der Waals surface area contributed by atoms with Crippen molar-refractivity contribution in [1.82, 2.24) is 9.71 Å². The molecular formula is C13H19ClN2O2S. The van der Waals surface area contributed by atoms with Gasteiger partial charge in [-0.2, -0.15) is 0 Å². The molecule has 1 heterocycles. The summed E-state index contributed by atoms with van der Waals surface area (Å²) >= 11 is 5.86. The van der Waals surface area contributed by atoms with E-state index in [-0.39, 0.29) is 17.7 Å². The number of halogens is 1. The molecule has 2 rings (SSSR count). The highest BCUT2D eigenvalue weighted by molar-refractivity contribution is 7.89. The molecule has 0 spiro atoms. The minimum absolute atomic E-state index is 0.0138. The SMILES string of the molecule is O=S(=O)(CCc1ccncc1)NC1CCCC1CCl. The molecule has 1 aromatic heterocycles. The Morgan fingerprint density at radius 2 is 2.05 bits per heavy atom. The average molecular weight is 303 g/mol. The van der Waals surface area contributed by atoms with Crippen molar-refractivity contribution in [2.45, 2.75) is 31.7 Å². The molecule has 0 amide bonds. The topological polar surface area (TPSA) is 59.1 Å². The van der Waals surface area contributed by atoms with Crippen LogP contribution in [-0.2, 0) is 16.4 Å². The maximum Gasteiger partial charge on any atom is 0.212 e. The standard InChI is InChI=1S/C13H19ClN2O2S/c14-10-12-2-1-3-13(12)16-19(17,18)9-6-11-4-7-15-8-5-11/h4-5,7-8,12-13,16H,1-3,6,9-10H2. The fourth-order valence-corrected chi connectivity index (χ4v) is 4.23. The maximum absolute atomic E-state index is 12.1. The van der Waals surface area contributed by atoms with Gasteiger partial charge in [0.05, 0.1) is 5.75 Å². The van der Waals surface area contributed by atoms with Gasteiger partial charge in [0.25, 0.3) is 0 Å². The van der Waals surface area contributed by atoms with Gasteiger partial charge >= 0.3 is 0 Å². The number of pyridine rings is 1. The molecule has 1 fully saturated rings. The Balaban J connectivity index is 1.88. The van der Waals surface area contributed by atoms with Crippen LogP contribution in [0.5, 0.6) is 0 Å². The van der Waals surface area contributed by atoms with Crippen molar-refractivity contribution >= 4 is 21.6 Å². The minimum Gasteiger partial charge on any atom is -0.265 e. The molecule has 2 unspecified atom stereocenters. The van der Waals surface area contributed by atoms with Crippen LogP contribution in [0.25, 0.3) is 0 Å². The third-order valence-electron chi connectivity index (χ3n) is 3.60. The van der Waals surface area contributed by atoms with Gasteiger partial charge in [-0.15, -0.1) is 11.6 Å². The second-order valence-corrected chi connectivity index (χ2v) is 7.18. The first-order valence-corrected chi connectivity index (χ1v) is 8.74. The summed E-state index contributed by atoms with van der Waals surface area (Å²) in [5, 5.41) is 0. The van der Waals surface area contributed by atoms with E-state index in [1.165, 1.54) is 0 Å². The van der Waals surface area contributed by atoms with Gasteiger partial charge in [0.15, 0.2) is 0 Å². The second kappa shape index (κ2) is 6.68. The molecule has 0 saturated heterocycles. The van der Waals surface area contributed by atoms with Gasteiger partial charge in [0, 0.05) is 24.3 Å². The summed E-state index contributed by atoms with van der Waals surface area (Å²) in [6.07, 6.45) is 6.82. The monoisotopic (exact) mass is 302 g/mol. The third kappa shape index (κ3) is 4.44. The summed E-state index contributed by atoms with van der Waals surface area (Å²) in [6, 6.07) is 3.69. The van der Waals surface area contributed by atoms with E-state index in [0.717, 1.165) is 24.8 Å². The van der Waals surface area contributed by atoms with Crippen LogP contribution in [0.3, 0.4) is 0 Å². The highest BCUT2D eigenvalue weighted by atomic mass is 35.5. The minimum atomic E-state index is -3.24. The maximum atomic E-state index is 12.1. The zero-order valence-electron chi connectivity index (χ0n) is 10.8. The van der Waals surface area contributed by atoms with Crippen molar-refractivity contribution in [3.05, 3.63) is 30.1 Å². The first-order chi connectivity index (χ1) is 9.11. The summed E-state index contributed by atoms with van der Waals surface area (Å²) in [6.45, 7) is 0. The van der Waals surface area contributed by atoms with Crippen molar-refractivity contribution in [1.29, 1.82) is 0 Å². The highest BCUT2D eigenvalue weighted by Crippen LogP contribution is 2.27. The molecule has 1 aromatic rings. The molecule has 1 N–H and O–H groups in total. The lowest BCUT2D eigenvalue weighted by atomic mass is 10.1. The van der Waals surface area contributed by atoms with E-state index in [2.05, 4.69) is 9.71 Å². The fourth-order valence-electron chi connectivity index (χ4n) is 2.47. The average Bonchev–Trinajstić information content (AvgIpc) is 2.84. The van der Waals surface area contributed by atoms with E-state index in [4.69, 9.17) is 11.6 Å². The molecule has 106 valence electrons. The smallest absolute Gasteiger partial charge is 0.212 e. The molecule has 4 nitrogen and oxygen atoms in total. The van der Waals surface area contributed by atoms with Crippen molar-refractivity contribution in [2.75, 3.05) is 11.6 Å². The number of hydrogen-bond donors (Lipinski definition) is 1. The molecule has 0 bridgehead atoms. The number of rotatable bonds is 6. The first-order valence-electron chi connectivity index (χ1n) is 6.55. The molecule has 0 radical (unpaired) electrons. The lowest BCUT2D eigenvalue weighted by Gasteiger charge is -2.18. The van der Waals surface area contributed by atoms with Crippen molar-refractivity contribution in [3.8, 4) is 0 Å². The molecule has 6 heteroatoms. The Morgan fingerprint density at radius 1 is 1.32 bits per heavy atom. The molecule has 1 aliphatic rings. The molecule has 1 aliphatic carbocycles. The predicted molar refractivity (Wildman–Crippen MR) is 76.7 cm³/mol. The quantitative estimate of drug-likeness (QED) is 0.817. The Morgan fingerprint density at radius 3 is 2.74 bits per heavy atom. The predicted octanol–water partition coefficient (Wildman–Crippen LogP) is 1.95. The molecule has 1 saturated carbocycles. The van der Waals surface area contributed by atoms with Crippen LogP contribution in [0.4, 0.5) is 0 Å². The third-order valence-corrected chi connectivity index (χ3v) is 5.40. The number of nitrogens with one attached hydrogen (secondary N) is 1. The normalized spacial score (nSPS) is 23.6. The van der Waals surface area contributed by atoms with E-state index in [9.17, 15) is 8.42 Å². The Labute approximate surface area is 119 Å². The first kappa shape index (κ1) is 14.8. The van der Waals surface area contributed by atoms with E-state index >= 15 is 0 Å². The van der Waals surface area contributed by atoms with Crippen molar-refractivity contribution < 1.29 is 8.42 Å². The summed E-state index contributed by atoms with van der Waals surface area (Å²) in [5.41, 5.74) is 0.987. The zero-order valence-corrected chi connectivity index (χ0v) is 12.3. The van der Waals surface area contributed by atoms with E-state index in [1.54, 1.807) is 12.4 Å². The molecule has 2 atom stereocenters. The van der Waals surface area contributed by atoms with Gasteiger partial charge in [-0.05, 0) is 42.9 Å². The van der Waals surface area contributed by atoms with Gasteiger partial charge in [-0.25, -0.2) is 13.1 Å². The number of aryl methyl sites for hydroxylation is 1. The van der Waals surface area contributed by atoms with Crippen LogP contribution in [0, 0.1) is 5.92 Å². The van der Waals surface area contributed by atoms with Gasteiger partial charge in [0.1, 0.15) is 0 Å². The molecule has 0 aromatic carbocycles. The fraction of sp³-hybridized carbons (Fsp3) is 0.615. The van der Waals surface area contributed by atoms with Crippen LogP contribution >= 0.6 is 11.6 Å². The van der Waals surface area contributed by atoms with Gasteiger partial charge in [-0.1, -0.05) is 6.42 Å². The van der Waals surface area contributed by atoms with Crippen LogP contribution in [0.1, 0.15) is 24.8 Å². The van der Waals surface area contributed by atoms with Crippen LogP contribution in [0.2, 0.25) is 0 Å². The summed E-state index contributed by atoms with van der Waals surface area (Å²) < 4.78 is 26.9. The number of hydrogen-bond acceptors (Lipinski definition) is 3. The summed E-state index contributed by atoms with van der Waals surface area (Å²) in [7, 11) is -3.24. The van der Waals surface area contributed by atoms with Crippen LogP contribution < -0.4 is 4.72 Å². The number of aromatic nitrogens is 1. The Kier molecular flexibility index (Phi) is 5.19. The number of nitrogens with zero attached hydrogens (tertiary/aromatic N) is 1. The summed E-state index contributed by atoms with van der Waals surface area (Å²) in [4.78, 5) is 3.91. The van der Waals surface area contributed by atoms with Gasteiger partial charge in [-0.3, -0.25) is 4.98 Å². The lowest BCUT2D eigenvalue weighted by molar-refractivity contribution is 0.480. The van der Waals surface area contributed by atoms with Gasteiger partial charge in [0.2, 0.25) is 10.0 Å². The van der Waals surface area contributed by atoms with Gasteiger partial charge < -0.3 is 0 Å². The summed E-state index contributed by atoms with van der Waals surface area (Å²) in [5.74, 6) is 0.914. The number of alkyl halides is 1. The van der Waals surface area contributed by atoms with Crippen LogP contribution in [0.15, 0.2) is 24.5 Å². The zero-order chi connectivity index (χ0) is 13.7. The largest absolute Gasteiger partial charge is 0.265 e. The number of sulfonamides is 1. The second-order valence-electron chi connectivity index (χ2n) is 4.99. The van der Waals surface area contributed by atoms with Crippen molar-refractivity contribution in [2.24, 2.45) is 5.92 Å². The van der Waals surface area contributed by atoms with Crippen molar-refractivity contribution in [3.63, 3.8) is 0 Å². The Bertz CT molecular complexity index is 493. The molecule has 19 heavy (non-hydrogen) atoms. The Hall–Kier alpha value is -0.650. The van der Waals surface area contributed by atoms with E-state index < -0.39 is 10.0 Å². The van der Waals surface area contributed by atoms with E-state index in [1.807, 2.05) is 12.1 Å². The highest BCUT2D eigenvalue weighted by Gasteiger charge is 2.29. The molecular weight excluding hydrogens is 284 g/mol.